The largest absolute Gasteiger partial charge is 0.480 e. The van der Waals surface area contributed by atoms with Crippen molar-refractivity contribution in [1.29, 1.82) is 0 Å². The molecule has 0 aromatic heterocycles. The van der Waals surface area contributed by atoms with Crippen LogP contribution in [0.3, 0.4) is 0 Å². The second-order valence-corrected chi connectivity index (χ2v) is 7.32. The standard InChI is InChI=1S/C12H23N3O6S/c1-4-7(2)10(13)11(17)15-6-14-9(16)5-8(12(18)19)22(3,20)21/h7-8,10H,4-6,13H2,1-3H3,(H,14,16)(H,15,17)(H,18,19)/t7?,8?,10-/m1/s1. The highest BCUT2D eigenvalue weighted by molar-refractivity contribution is 7.92. The molecular weight excluding hydrogens is 314 g/mol. The minimum Gasteiger partial charge on any atom is -0.480 e. The first-order valence-electron chi connectivity index (χ1n) is 6.72. The molecule has 0 aromatic rings. The SMILES string of the molecule is CCC(C)[C@@H](N)C(=O)NCNC(=O)CC(C(=O)O)S(C)(=O)=O. The van der Waals surface area contributed by atoms with Gasteiger partial charge in [0.15, 0.2) is 15.1 Å². The summed E-state index contributed by atoms with van der Waals surface area (Å²) in [4.78, 5) is 34.0. The quantitative estimate of drug-likeness (QED) is 0.371. The van der Waals surface area contributed by atoms with Crippen LogP contribution in [-0.4, -0.2) is 55.5 Å². The first kappa shape index (κ1) is 20.3. The smallest absolute Gasteiger partial charge is 0.322 e. The highest BCUT2D eigenvalue weighted by Gasteiger charge is 2.31. The number of amides is 2. The molecule has 128 valence electrons. The Morgan fingerprint density at radius 2 is 1.77 bits per heavy atom. The summed E-state index contributed by atoms with van der Waals surface area (Å²) in [5.41, 5.74) is 5.68. The van der Waals surface area contributed by atoms with Gasteiger partial charge in [-0.3, -0.25) is 14.4 Å². The van der Waals surface area contributed by atoms with Gasteiger partial charge < -0.3 is 21.5 Å². The van der Waals surface area contributed by atoms with Gasteiger partial charge in [-0.15, -0.1) is 0 Å². The molecule has 0 rings (SSSR count). The summed E-state index contributed by atoms with van der Waals surface area (Å²) in [6, 6.07) is -0.718. The van der Waals surface area contributed by atoms with E-state index in [9.17, 15) is 22.8 Å². The monoisotopic (exact) mass is 337 g/mol. The van der Waals surface area contributed by atoms with Crippen LogP contribution in [0, 0.1) is 5.92 Å². The van der Waals surface area contributed by atoms with Gasteiger partial charge in [0.2, 0.25) is 11.8 Å². The van der Waals surface area contributed by atoms with Crippen molar-refractivity contribution < 1.29 is 27.9 Å². The molecule has 0 spiro atoms. The van der Waals surface area contributed by atoms with Gasteiger partial charge in [-0.2, -0.15) is 0 Å². The first-order valence-corrected chi connectivity index (χ1v) is 8.67. The Labute approximate surface area is 129 Å². The molecule has 0 aliphatic heterocycles. The number of carboxylic acids is 1. The zero-order chi connectivity index (χ0) is 17.5. The van der Waals surface area contributed by atoms with Crippen molar-refractivity contribution in [2.75, 3.05) is 12.9 Å². The summed E-state index contributed by atoms with van der Waals surface area (Å²) < 4.78 is 22.5. The Morgan fingerprint density at radius 3 is 2.18 bits per heavy atom. The third-order valence-electron chi connectivity index (χ3n) is 3.27. The highest BCUT2D eigenvalue weighted by Crippen LogP contribution is 2.05. The summed E-state index contributed by atoms with van der Waals surface area (Å²) in [6.07, 6.45) is 0.739. The van der Waals surface area contributed by atoms with E-state index < -0.39 is 45.3 Å². The minimum absolute atomic E-state index is 0.0303. The fourth-order valence-corrected chi connectivity index (χ4v) is 2.34. The zero-order valence-corrected chi connectivity index (χ0v) is 13.6. The molecular formula is C12H23N3O6S. The third-order valence-corrected chi connectivity index (χ3v) is 4.67. The molecule has 0 aliphatic carbocycles. The summed E-state index contributed by atoms with van der Waals surface area (Å²) in [6.45, 7) is 3.45. The number of nitrogens with one attached hydrogen (secondary N) is 2. The van der Waals surface area contributed by atoms with Crippen LogP contribution >= 0.6 is 0 Å². The van der Waals surface area contributed by atoms with Gasteiger partial charge >= 0.3 is 5.97 Å². The van der Waals surface area contributed by atoms with Gasteiger partial charge in [-0.05, 0) is 5.92 Å². The summed E-state index contributed by atoms with van der Waals surface area (Å²) >= 11 is 0. The maximum Gasteiger partial charge on any atom is 0.322 e. The molecule has 2 amide bonds. The molecule has 0 saturated heterocycles. The van der Waals surface area contributed by atoms with E-state index >= 15 is 0 Å². The van der Waals surface area contributed by atoms with E-state index in [0.717, 1.165) is 12.7 Å². The average molecular weight is 337 g/mol. The lowest BCUT2D eigenvalue weighted by atomic mass is 10.00. The van der Waals surface area contributed by atoms with Crippen LogP contribution in [0.2, 0.25) is 0 Å². The first-order chi connectivity index (χ1) is 10.0. The fourth-order valence-electron chi connectivity index (χ4n) is 1.52. The summed E-state index contributed by atoms with van der Waals surface area (Å²) in [5, 5.41) is 11.6. The number of carbonyl (C=O) groups is 3. The molecule has 0 saturated carbocycles. The molecule has 22 heavy (non-hydrogen) atoms. The Kier molecular flexibility index (Phi) is 8.02. The molecule has 10 heteroatoms. The molecule has 5 N–H and O–H groups in total. The van der Waals surface area contributed by atoms with Crippen molar-refractivity contribution in [2.24, 2.45) is 11.7 Å². The number of carbonyl (C=O) groups excluding carboxylic acids is 2. The van der Waals surface area contributed by atoms with Gasteiger partial charge in [-0.1, -0.05) is 20.3 Å². The molecule has 0 fully saturated rings. The van der Waals surface area contributed by atoms with Crippen LogP contribution in [0.25, 0.3) is 0 Å². The Morgan fingerprint density at radius 1 is 1.23 bits per heavy atom. The Hall–Kier alpha value is -1.68. The maximum atomic E-state index is 11.6. The lowest BCUT2D eigenvalue weighted by Crippen LogP contribution is -2.48. The number of hydrogen-bond donors (Lipinski definition) is 4. The van der Waals surface area contributed by atoms with E-state index in [1.54, 1.807) is 0 Å². The number of carboxylic acid groups (broad SMARTS) is 1. The van der Waals surface area contributed by atoms with Gasteiger partial charge in [0.25, 0.3) is 0 Å². The summed E-state index contributed by atoms with van der Waals surface area (Å²) in [5.74, 6) is -2.87. The van der Waals surface area contributed by atoms with E-state index in [1.807, 2.05) is 13.8 Å². The van der Waals surface area contributed by atoms with Gasteiger partial charge in [0, 0.05) is 6.26 Å². The molecule has 0 aromatic carbocycles. The zero-order valence-electron chi connectivity index (χ0n) is 12.8. The number of sulfone groups is 1. The lowest BCUT2D eigenvalue weighted by molar-refractivity contribution is -0.138. The van der Waals surface area contributed by atoms with Crippen LogP contribution < -0.4 is 16.4 Å². The maximum absolute atomic E-state index is 11.6. The van der Waals surface area contributed by atoms with Crippen LogP contribution in [-0.2, 0) is 24.2 Å². The van der Waals surface area contributed by atoms with Crippen molar-refractivity contribution in [3.05, 3.63) is 0 Å². The van der Waals surface area contributed by atoms with Crippen molar-refractivity contribution in [2.45, 2.75) is 38.0 Å². The number of hydrogen-bond acceptors (Lipinski definition) is 6. The Bertz CT molecular complexity index is 519. The number of aliphatic carboxylic acids is 1. The second-order valence-electron chi connectivity index (χ2n) is 5.09. The molecule has 0 radical (unpaired) electrons. The Balaban J connectivity index is 4.36. The van der Waals surface area contributed by atoms with Crippen molar-refractivity contribution >= 4 is 27.6 Å². The predicted octanol–water partition coefficient (Wildman–Crippen LogP) is -1.56. The van der Waals surface area contributed by atoms with E-state index in [-0.39, 0.29) is 12.6 Å². The van der Waals surface area contributed by atoms with Gasteiger partial charge in [0.1, 0.15) is 0 Å². The molecule has 0 bridgehead atoms. The van der Waals surface area contributed by atoms with Crippen LogP contribution in [0.4, 0.5) is 0 Å². The predicted molar refractivity (Wildman–Crippen MR) is 79.5 cm³/mol. The highest BCUT2D eigenvalue weighted by atomic mass is 32.2. The minimum atomic E-state index is -3.90. The van der Waals surface area contributed by atoms with Crippen molar-refractivity contribution in [1.82, 2.24) is 10.6 Å². The topological polar surface area (TPSA) is 156 Å². The molecule has 9 nitrogen and oxygen atoms in total. The van der Waals surface area contributed by atoms with Crippen molar-refractivity contribution in [3.8, 4) is 0 Å². The second kappa shape index (κ2) is 8.69. The average Bonchev–Trinajstić information content (AvgIpc) is 2.41. The third kappa shape index (κ3) is 6.85. The van der Waals surface area contributed by atoms with Crippen LogP contribution in [0.15, 0.2) is 0 Å². The van der Waals surface area contributed by atoms with E-state index in [4.69, 9.17) is 10.8 Å². The van der Waals surface area contributed by atoms with Crippen molar-refractivity contribution in [3.63, 3.8) is 0 Å². The number of nitrogens with two attached hydrogens (primary N) is 1. The van der Waals surface area contributed by atoms with E-state index in [1.165, 1.54) is 0 Å². The van der Waals surface area contributed by atoms with Gasteiger partial charge in [0.05, 0.1) is 19.1 Å². The van der Waals surface area contributed by atoms with E-state index in [2.05, 4.69) is 10.6 Å². The van der Waals surface area contributed by atoms with E-state index in [0.29, 0.717) is 0 Å². The normalized spacial score (nSPS) is 15.5. The molecule has 2 unspecified atom stereocenters. The lowest BCUT2D eigenvalue weighted by Gasteiger charge is -2.18. The molecule has 0 aliphatic rings. The van der Waals surface area contributed by atoms with Crippen LogP contribution in [0.5, 0.6) is 0 Å². The van der Waals surface area contributed by atoms with Crippen LogP contribution in [0.1, 0.15) is 26.7 Å². The molecule has 0 heterocycles. The number of rotatable bonds is 9. The molecule has 3 atom stereocenters. The van der Waals surface area contributed by atoms with Gasteiger partial charge in [-0.25, -0.2) is 8.42 Å². The summed E-state index contributed by atoms with van der Waals surface area (Å²) in [7, 11) is -3.90. The fraction of sp³-hybridized carbons (Fsp3) is 0.750.